The van der Waals surface area contributed by atoms with Gasteiger partial charge in [0.15, 0.2) is 10.6 Å². The first-order chi connectivity index (χ1) is 8.13. The van der Waals surface area contributed by atoms with Gasteiger partial charge in [0.25, 0.3) is 0 Å². The zero-order valence-electron chi connectivity index (χ0n) is 8.87. The summed E-state index contributed by atoms with van der Waals surface area (Å²) in [6, 6.07) is 2.73. The van der Waals surface area contributed by atoms with Gasteiger partial charge in [-0.3, -0.25) is 5.21 Å². The Morgan fingerprint density at radius 2 is 2.41 bits per heavy atom. The van der Waals surface area contributed by atoms with Gasteiger partial charge in [-0.2, -0.15) is 0 Å². The Kier molecular flexibility index (Phi) is 5.84. The molecule has 3 N–H and O–H groups in total. The van der Waals surface area contributed by atoms with Crippen LogP contribution in [0.3, 0.4) is 0 Å². The predicted molar refractivity (Wildman–Crippen MR) is 66.3 cm³/mol. The Labute approximate surface area is 107 Å². The average molecular weight is 276 g/mol. The highest BCUT2D eigenvalue weighted by atomic mass is 32.1. The second kappa shape index (κ2) is 7.17. The second-order valence-corrected chi connectivity index (χ2v) is 4.27. The number of amides is 2. The monoisotopic (exact) mass is 276 g/mol. The van der Waals surface area contributed by atoms with Crippen LogP contribution in [0.25, 0.3) is 0 Å². The van der Waals surface area contributed by atoms with E-state index in [2.05, 4.69) is 12.2 Å². The number of hydrogen-bond acceptors (Lipinski definition) is 6. The maximum Gasteiger partial charge on any atom is 0.338 e. The molecule has 17 heavy (non-hydrogen) atoms. The van der Waals surface area contributed by atoms with Crippen LogP contribution in [0.4, 0.5) is 4.79 Å². The minimum Gasteiger partial charge on any atom is -0.443 e. The first kappa shape index (κ1) is 13.8. The summed E-state index contributed by atoms with van der Waals surface area (Å²) in [5.74, 6) is 0. The number of ether oxygens (including phenoxy) is 2. The van der Waals surface area contributed by atoms with Crippen molar-refractivity contribution < 1.29 is 19.5 Å². The lowest BCUT2D eigenvalue weighted by molar-refractivity contribution is -0.0578. The van der Waals surface area contributed by atoms with Crippen molar-refractivity contribution in [1.29, 1.82) is 0 Å². The van der Waals surface area contributed by atoms with Gasteiger partial charge in [-0.15, -0.1) is 11.3 Å². The third-order valence-corrected chi connectivity index (χ3v) is 2.79. The summed E-state index contributed by atoms with van der Waals surface area (Å²) in [7, 11) is 0. The number of nitrogens with two attached hydrogens (primary N) is 1. The lowest BCUT2D eigenvalue weighted by atomic mass is 10.5. The standard InChI is InChI=1S/C9H12N2O4S2/c10-9(12)11(13)3-4-14-5-7-1-2-8(17-7)15-6-16/h1-2,6,13H,3-5H2,(H2,10,12). The van der Waals surface area contributed by atoms with Gasteiger partial charge in [0.05, 0.1) is 19.8 Å². The van der Waals surface area contributed by atoms with Crippen LogP contribution in [-0.4, -0.2) is 35.0 Å². The number of urea groups is 1. The van der Waals surface area contributed by atoms with Crippen LogP contribution >= 0.6 is 23.6 Å². The van der Waals surface area contributed by atoms with E-state index in [-0.39, 0.29) is 13.2 Å². The van der Waals surface area contributed by atoms with Crippen LogP contribution in [0.15, 0.2) is 12.1 Å². The molecule has 1 aromatic heterocycles. The van der Waals surface area contributed by atoms with Crippen molar-refractivity contribution >= 4 is 35.1 Å². The molecular weight excluding hydrogens is 264 g/mol. The Hall–Kier alpha value is -1.22. The fraction of sp³-hybridized carbons (Fsp3) is 0.333. The highest BCUT2D eigenvalue weighted by Crippen LogP contribution is 2.24. The van der Waals surface area contributed by atoms with E-state index in [0.29, 0.717) is 16.7 Å². The number of nitrogens with zero attached hydrogens (tertiary/aromatic N) is 1. The largest absolute Gasteiger partial charge is 0.443 e. The molecule has 0 unspecified atom stereocenters. The molecule has 0 aromatic carbocycles. The van der Waals surface area contributed by atoms with Gasteiger partial charge in [0.1, 0.15) is 0 Å². The van der Waals surface area contributed by atoms with Crippen LogP contribution in [0.5, 0.6) is 5.06 Å². The molecule has 94 valence electrons. The molecule has 0 fully saturated rings. The molecule has 1 aromatic rings. The number of hydrogen-bond donors (Lipinski definition) is 2. The van der Waals surface area contributed by atoms with Crippen LogP contribution in [0.1, 0.15) is 4.88 Å². The first-order valence-corrected chi connectivity index (χ1v) is 5.95. The van der Waals surface area contributed by atoms with Crippen LogP contribution in [0.2, 0.25) is 0 Å². The van der Waals surface area contributed by atoms with Crippen molar-refractivity contribution in [2.45, 2.75) is 6.61 Å². The van der Waals surface area contributed by atoms with Gasteiger partial charge < -0.3 is 15.2 Å². The summed E-state index contributed by atoms with van der Waals surface area (Å²) in [5.41, 5.74) is 6.01. The molecule has 0 aliphatic heterocycles. The molecule has 1 heterocycles. The Balaban J connectivity index is 2.21. The fourth-order valence-electron chi connectivity index (χ4n) is 0.981. The van der Waals surface area contributed by atoms with E-state index in [1.807, 2.05) is 6.07 Å². The van der Waals surface area contributed by atoms with Crippen LogP contribution < -0.4 is 10.5 Å². The number of carbonyl (C=O) groups excluding carboxylic acids is 1. The van der Waals surface area contributed by atoms with Crippen molar-refractivity contribution in [1.82, 2.24) is 5.06 Å². The van der Waals surface area contributed by atoms with E-state index in [1.54, 1.807) is 6.07 Å². The molecule has 6 nitrogen and oxygen atoms in total. The number of hydroxylamine groups is 2. The van der Waals surface area contributed by atoms with Gasteiger partial charge in [0, 0.05) is 4.88 Å². The summed E-state index contributed by atoms with van der Waals surface area (Å²) < 4.78 is 10.2. The molecule has 0 spiro atoms. The third-order valence-electron chi connectivity index (χ3n) is 1.75. The van der Waals surface area contributed by atoms with Crippen molar-refractivity contribution in [2.24, 2.45) is 5.73 Å². The van der Waals surface area contributed by atoms with Crippen molar-refractivity contribution in [3.8, 4) is 5.06 Å². The molecule has 0 bridgehead atoms. The molecule has 8 heteroatoms. The van der Waals surface area contributed by atoms with E-state index < -0.39 is 6.03 Å². The Bertz CT molecular complexity index is 383. The lowest BCUT2D eigenvalue weighted by Crippen LogP contribution is -2.35. The molecule has 0 radical (unpaired) electrons. The molecule has 0 atom stereocenters. The number of carbonyl (C=O) groups is 1. The highest BCUT2D eigenvalue weighted by Gasteiger charge is 2.05. The maximum absolute atomic E-state index is 10.5. The van der Waals surface area contributed by atoms with E-state index in [0.717, 1.165) is 4.88 Å². The van der Waals surface area contributed by atoms with Gasteiger partial charge in [-0.25, -0.2) is 9.86 Å². The lowest BCUT2D eigenvalue weighted by Gasteiger charge is -2.11. The number of rotatable bonds is 7. The number of thiophene rings is 1. The number of thiocarbonyl (C=S) groups is 1. The van der Waals surface area contributed by atoms with E-state index in [9.17, 15) is 4.79 Å². The van der Waals surface area contributed by atoms with E-state index in [4.69, 9.17) is 20.4 Å². The summed E-state index contributed by atoms with van der Waals surface area (Å²) in [6.07, 6.45) is 0. The predicted octanol–water partition coefficient (Wildman–Crippen LogP) is 1.37. The highest BCUT2D eigenvalue weighted by molar-refractivity contribution is 7.78. The Morgan fingerprint density at radius 3 is 3.06 bits per heavy atom. The first-order valence-electron chi connectivity index (χ1n) is 4.66. The molecule has 2 amide bonds. The zero-order valence-corrected chi connectivity index (χ0v) is 10.5. The van der Waals surface area contributed by atoms with Crippen LogP contribution in [0, 0.1) is 0 Å². The smallest absolute Gasteiger partial charge is 0.338 e. The summed E-state index contributed by atoms with van der Waals surface area (Å²) in [5, 5.41) is 10.0. The molecule has 0 saturated carbocycles. The second-order valence-electron chi connectivity index (χ2n) is 2.95. The molecule has 0 aliphatic rings. The summed E-state index contributed by atoms with van der Waals surface area (Å²) >= 11 is 5.96. The van der Waals surface area contributed by atoms with Crippen molar-refractivity contribution in [3.63, 3.8) is 0 Å². The van der Waals surface area contributed by atoms with Gasteiger partial charge in [-0.05, 0) is 24.4 Å². The summed E-state index contributed by atoms with van der Waals surface area (Å²) in [4.78, 5) is 11.4. The third kappa shape index (κ3) is 5.09. The fourth-order valence-corrected chi connectivity index (χ4v) is 1.91. The Morgan fingerprint density at radius 1 is 1.65 bits per heavy atom. The quantitative estimate of drug-likeness (QED) is 0.340. The van der Waals surface area contributed by atoms with E-state index in [1.165, 1.54) is 16.9 Å². The molecule has 1 rings (SSSR count). The van der Waals surface area contributed by atoms with Crippen molar-refractivity contribution in [3.05, 3.63) is 17.0 Å². The van der Waals surface area contributed by atoms with E-state index >= 15 is 0 Å². The van der Waals surface area contributed by atoms with Crippen LogP contribution in [-0.2, 0) is 11.3 Å². The summed E-state index contributed by atoms with van der Waals surface area (Å²) in [6.45, 7) is 0.600. The molecular formula is C9H12N2O4S2. The van der Waals surface area contributed by atoms with Crippen molar-refractivity contribution in [2.75, 3.05) is 13.2 Å². The average Bonchev–Trinajstić information content (AvgIpc) is 2.72. The van der Waals surface area contributed by atoms with Gasteiger partial charge in [-0.1, -0.05) is 0 Å². The van der Waals surface area contributed by atoms with Gasteiger partial charge in [0.2, 0.25) is 0 Å². The molecule has 0 aliphatic carbocycles. The number of primary amides is 1. The zero-order chi connectivity index (χ0) is 12.7. The van der Waals surface area contributed by atoms with Gasteiger partial charge >= 0.3 is 6.03 Å². The minimum absolute atomic E-state index is 0.0317. The minimum atomic E-state index is -0.901. The topological polar surface area (TPSA) is 85.0 Å². The SMILES string of the molecule is NC(=O)N(O)CCOCc1ccc(OC=S)s1. The molecule has 0 saturated heterocycles. The maximum atomic E-state index is 10.5. The normalized spacial score (nSPS) is 9.94.